The number of hydrogen-bond donors (Lipinski definition) is 3. The molecule has 47 heavy (non-hydrogen) atoms. The number of morpholine rings is 1. The van der Waals surface area contributed by atoms with E-state index in [4.69, 9.17) is 17.0 Å². The van der Waals surface area contributed by atoms with Crippen LogP contribution in [0.15, 0.2) is 60.8 Å². The first kappa shape index (κ1) is 32.4. The first-order valence-corrected chi connectivity index (χ1v) is 17.6. The molecule has 6 rings (SSSR count). The van der Waals surface area contributed by atoms with Crippen molar-refractivity contribution >= 4 is 56.2 Å². The van der Waals surface area contributed by atoms with Gasteiger partial charge < -0.3 is 25.4 Å². The molecule has 1 saturated heterocycles. The molecule has 1 aromatic heterocycles. The Kier molecular flexibility index (Phi) is 8.93. The van der Waals surface area contributed by atoms with Crippen LogP contribution < -0.4 is 19.8 Å². The standard InChI is InChI=1S/C35H37N5O5S2/c1-21-5-7-24(8-6-21)32-23(3)33-28-11-9-26(37-35(46)38-27-10-12-30(36-19-27)39-13-15-45-16-14-39)17-25(28)20-40(47(4,43)44)34(33)22(2)29(32)18-31(41)42/h5-12,17,19H,13-16,18,20H2,1-4H3,(H,41,42)(H2,37,38,46). The number of carboxylic acid groups (broad SMARTS) is 1. The number of sulfonamides is 1. The lowest BCUT2D eigenvalue weighted by Crippen LogP contribution is -2.36. The zero-order valence-electron chi connectivity index (χ0n) is 26.8. The van der Waals surface area contributed by atoms with Crippen LogP contribution >= 0.6 is 12.2 Å². The van der Waals surface area contributed by atoms with Crippen LogP contribution in [0.5, 0.6) is 0 Å². The number of ether oxygens (including phenoxy) is 1. The van der Waals surface area contributed by atoms with Crippen molar-refractivity contribution in [1.82, 2.24) is 4.98 Å². The van der Waals surface area contributed by atoms with Gasteiger partial charge in [0, 0.05) is 24.3 Å². The van der Waals surface area contributed by atoms with E-state index < -0.39 is 16.0 Å². The van der Waals surface area contributed by atoms with Gasteiger partial charge in [0.1, 0.15) is 5.82 Å². The summed E-state index contributed by atoms with van der Waals surface area (Å²) in [6.07, 6.45) is 2.69. The van der Waals surface area contributed by atoms with Gasteiger partial charge in [-0.25, -0.2) is 13.4 Å². The number of nitrogens with one attached hydrogen (secondary N) is 2. The van der Waals surface area contributed by atoms with Crippen LogP contribution in [0.25, 0.3) is 22.3 Å². The molecule has 3 aromatic carbocycles. The molecule has 4 aromatic rings. The summed E-state index contributed by atoms with van der Waals surface area (Å²) in [7, 11) is -3.73. The lowest BCUT2D eigenvalue weighted by molar-refractivity contribution is -0.136. The van der Waals surface area contributed by atoms with Gasteiger partial charge in [-0.2, -0.15) is 0 Å². The molecule has 0 bridgehead atoms. The number of pyridine rings is 1. The molecule has 2 aliphatic rings. The SMILES string of the molecule is Cc1ccc(-c2c(C)c3c(c(C)c2CC(=O)O)N(S(C)(=O)=O)Cc2cc(NC(=S)Nc4ccc(N5CCOCC5)nc4)ccc2-3)cc1. The van der Waals surface area contributed by atoms with E-state index in [0.717, 1.165) is 63.5 Å². The van der Waals surface area contributed by atoms with Crippen LogP contribution in [0.4, 0.5) is 22.9 Å². The number of rotatable bonds is 7. The molecular formula is C35H37N5O5S2. The van der Waals surface area contributed by atoms with E-state index in [0.29, 0.717) is 40.8 Å². The average Bonchev–Trinajstić information content (AvgIpc) is 3.03. The Morgan fingerprint density at radius 1 is 0.957 bits per heavy atom. The minimum Gasteiger partial charge on any atom is -0.481 e. The molecule has 0 aliphatic carbocycles. The lowest BCUT2D eigenvalue weighted by atomic mass is 9.81. The number of carboxylic acids is 1. The highest BCUT2D eigenvalue weighted by Gasteiger charge is 2.34. The fraction of sp³-hybridized carbons (Fsp3) is 0.286. The Labute approximate surface area is 280 Å². The van der Waals surface area contributed by atoms with Crippen molar-refractivity contribution in [2.75, 3.05) is 52.4 Å². The monoisotopic (exact) mass is 671 g/mol. The number of hydrogen-bond acceptors (Lipinski definition) is 7. The number of carbonyl (C=O) groups is 1. The fourth-order valence-corrected chi connectivity index (χ4v) is 7.64. The van der Waals surface area contributed by atoms with E-state index in [2.05, 4.69) is 20.5 Å². The predicted octanol–water partition coefficient (Wildman–Crippen LogP) is 5.89. The van der Waals surface area contributed by atoms with Gasteiger partial charge in [-0.1, -0.05) is 35.9 Å². The molecule has 2 aliphatic heterocycles. The number of benzene rings is 3. The van der Waals surface area contributed by atoms with E-state index in [-0.39, 0.29) is 13.0 Å². The van der Waals surface area contributed by atoms with E-state index in [9.17, 15) is 18.3 Å². The first-order chi connectivity index (χ1) is 22.4. The van der Waals surface area contributed by atoms with Gasteiger partial charge in [0.15, 0.2) is 5.11 Å². The van der Waals surface area contributed by atoms with Crippen molar-refractivity contribution in [3.05, 3.63) is 88.6 Å². The second-order valence-corrected chi connectivity index (χ2v) is 14.3. The van der Waals surface area contributed by atoms with Gasteiger partial charge in [0.05, 0.1) is 50.0 Å². The number of fused-ring (bicyclic) bond motifs is 3. The summed E-state index contributed by atoms with van der Waals surface area (Å²) in [5.41, 5.74) is 9.29. The number of anilines is 4. The smallest absolute Gasteiger partial charge is 0.307 e. The highest BCUT2D eigenvalue weighted by atomic mass is 32.2. The van der Waals surface area contributed by atoms with Gasteiger partial charge in [-0.3, -0.25) is 9.10 Å². The van der Waals surface area contributed by atoms with Crippen LogP contribution in [0, 0.1) is 20.8 Å². The number of aryl methyl sites for hydroxylation is 1. The van der Waals surface area contributed by atoms with Crippen LogP contribution in [0.2, 0.25) is 0 Å². The minimum absolute atomic E-state index is 0.0977. The third-order valence-corrected chi connectivity index (χ3v) is 10.0. The van der Waals surface area contributed by atoms with Crippen LogP contribution in [-0.4, -0.2) is 62.1 Å². The molecule has 1 fully saturated rings. The molecule has 0 unspecified atom stereocenters. The fourth-order valence-electron chi connectivity index (χ4n) is 6.47. The summed E-state index contributed by atoms with van der Waals surface area (Å²) in [4.78, 5) is 18.8. The Hall–Kier alpha value is -4.52. The predicted molar refractivity (Wildman–Crippen MR) is 191 cm³/mol. The number of aromatic nitrogens is 1. The van der Waals surface area contributed by atoms with Crippen molar-refractivity contribution in [2.45, 2.75) is 33.7 Å². The summed E-state index contributed by atoms with van der Waals surface area (Å²) in [5.74, 6) is -0.0960. The summed E-state index contributed by atoms with van der Waals surface area (Å²) in [6, 6.07) is 17.6. The first-order valence-electron chi connectivity index (χ1n) is 15.3. The molecule has 0 saturated carbocycles. The van der Waals surface area contributed by atoms with Crippen molar-refractivity contribution < 1.29 is 23.1 Å². The molecule has 10 nitrogen and oxygen atoms in total. The third kappa shape index (κ3) is 6.67. The Morgan fingerprint density at radius 3 is 2.28 bits per heavy atom. The van der Waals surface area contributed by atoms with Gasteiger partial charge in [-0.05, 0) is 96.2 Å². The van der Waals surface area contributed by atoms with Crippen molar-refractivity contribution in [2.24, 2.45) is 0 Å². The van der Waals surface area contributed by atoms with E-state index in [1.165, 1.54) is 10.6 Å². The number of thiocarbonyl (C=S) groups is 1. The molecular weight excluding hydrogens is 635 g/mol. The zero-order valence-corrected chi connectivity index (χ0v) is 28.4. The summed E-state index contributed by atoms with van der Waals surface area (Å²) in [5, 5.41) is 16.7. The van der Waals surface area contributed by atoms with Gasteiger partial charge in [0.2, 0.25) is 10.0 Å². The molecule has 0 amide bonds. The van der Waals surface area contributed by atoms with Crippen molar-refractivity contribution in [3.8, 4) is 22.3 Å². The summed E-state index contributed by atoms with van der Waals surface area (Å²) in [6.45, 7) is 8.83. The Balaban J connectivity index is 1.36. The quantitative estimate of drug-likeness (QED) is 0.205. The van der Waals surface area contributed by atoms with Gasteiger partial charge in [-0.15, -0.1) is 0 Å². The number of nitrogens with zero attached hydrogens (tertiary/aromatic N) is 3. The normalized spacial score (nSPS) is 14.3. The van der Waals surface area contributed by atoms with Crippen LogP contribution in [0.3, 0.4) is 0 Å². The molecule has 12 heteroatoms. The van der Waals surface area contributed by atoms with Crippen LogP contribution in [0.1, 0.15) is 27.8 Å². The molecule has 0 spiro atoms. The second-order valence-electron chi connectivity index (χ2n) is 12.0. The largest absolute Gasteiger partial charge is 0.481 e. The van der Waals surface area contributed by atoms with Crippen molar-refractivity contribution in [1.29, 1.82) is 0 Å². The third-order valence-electron chi connectivity index (χ3n) is 8.70. The topological polar surface area (TPSA) is 124 Å². The van der Waals surface area contributed by atoms with Gasteiger partial charge in [0.25, 0.3) is 0 Å². The molecule has 3 heterocycles. The zero-order chi connectivity index (χ0) is 33.5. The van der Waals surface area contributed by atoms with Crippen LogP contribution in [-0.2, 0) is 32.5 Å². The van der Waals surface area contributed by atoms with Crippen molar-refractivity contribution in [3.63, 3.8) is 0 Å². The lowest BCUT2D eigenvalue weighted by Gasteiger charge is -2.36. The molecule has 0 atom stereocenters. The van der Waals surface area contributed by atoms with Gasteiger partial charge >= 0.3 is 5.97 Å². The average molecular weight is 672 g/mol. The minimum atomic E-state index is -3.73. The molecule has 0 radical (unpaired) electrons. The molecule has 244 valence electrons. The Bertz CT molecular complexity index is 1970. The van der Waals surface area contributed by atoms with E-state index >= 15 is 0 Å². The Morgan fingerprint density at radius 2 is 1.64 bits per heavy atom. The van der Waals surface area contributed by atoms with E-state index in [1.807, 2.05) is 75.4 Å². The highest BCUT2D eigenvalue weighted by Crippen LogP contribution is 2.49. The maximum absolute atomic E-state index is 13.3. The molecule has 3 N–H and O–H groups in total. The summed E-state index contributed by atoms with van der Waals surface area (Å²) >= 11 is 5.61. The second kappa shape index (κ2) is 12.9. The van der Waals surface area contributed by atoms with E-state index in [1.54, 1.807) is 6.20 Å². The summed E-state index contributed by atoms with van der Waals surface area (Å²) < 4.78 is 33.4. The number of aliphatic carboxylic acids is 1. The maximum Gasteiger partial charge on any atom is 0.307 e. The maximum atomic E-state index is 13.3. The highest BCUT2D eigenvalue weighted by molar-refractivity contribution is 7.92.